The minimum Gasteiger partial charge on any atom is -0.496 e. The summed E-state index contributed by atoms with van der Waals surface area (Å²) in [5.41, 5.74) is 0.693. The van der Waals surface area contributed by atoms with Crippen molar-refractivity contribution in [2.24, 2.45) is 0 Å². The Bertz CT molecular complexity index is 1280. The first-order chi connectivity index (χ1) is 16.9. The number of rotatable bonds is 8. The van der Waals surface area contributed by atoms with E-state index in [9.17, 15) is 18.9 Å². The molecule has 0 unspecified atom stereocenters. The lowest BCUT2D eigenvalue weighted by Gasteiger charge is -2.33. The number of nitro benzene ring substituents is 1. The van der Waals surface area contributed by atoms with E-state index >= 15 is 0 Å². The van der Waals surface area contributed by atoms with Crippen LogP contribution in [0.2, 0.25) is 0 Å². The van der Waals surface area contributed by atoms with E-state index in [-0.39, 0.29) is 12.3 Å². The normalized spacial score (nSPS) is 11.3. The van der Waals surface area contributed by atoms with Gasteiger partial charge in [0.25, 0.3) is 14.0 Å². The third-order valence-corrected chi connectivity index (χ3v) is 10.0. The van der Waals surface area contributed by atoms with Crippen LogP contribution in [0.25, 0.3) is 0 Å². The van der Waals surface area contributed by atoms with E-state index in [4.69, 9.17) is 9.16 Å². The molecular weight excluding hydrogens is 468 g/mol. The van der Waals surface area contributed by atoms with E-state index in [1.54, 1.807) is 43.3 Å². The number of hydrogen-bond donors (Lipinski definition) is 0. The van der Waals surface area contributed by atoms with Gasteiger partial charge in [0.2, 0.25) is 0 Å². The van der Waals surface area contributed by atoms with Crippen LogP contribution in [0.15, 0.2) is 91.0 Å². The van der Waals surface area contributed by atoms with Gasteiger partial charge in [-0.15, -0.1) is 0 Å². The van der Waals surface area contributed by atoms with Crippen LogP contribution in [-0.2, 0) is 11.0 Å². The van der Waals surface area contributed by atoms with Gasteiger partial charge in [-0.25, -0.2) is 8.78 Å². The Kier molecular flexibility index (Phi) is 7.04. The molecule has 0 saturated carbocycles. The highest BCUT2D eigenvalue weighted by molar-refractivity contribution is 7.07. The van der Waals surface area contributed by atoms with E-state index in [2.05, 4.69) is 0 Å². The van der Waals surface area contributed by atoms with Crippen molar-refractivity contribution in [1.29, 1.82) is 0 Å². The van der Waals surface area contributed by atoms with Gasteiger partial charge in [0, 0.05) is 0 Å². The molecule has 4 aromatic rings. The fourth-order valence-corrected chi connectivity index (χ4v) is 8.11. The summed E-state index contributed by atoms with van der Waals surface area (Å²) in [4.78, 5) is 11.5. The largest absolute Gasteiger partial charge is 0.496 e. The van der Waals surface area contributed by atoms with Gasteiger partial charge in [-0.3, -0.25) is 10.1 Å². The van der Waals surface area contributed by atoms with Crippen molar-refractivity contribution in [2.75, 3.05) is 7.11 Å². The molecule has 0 aliphatic rings. The molecule has 0 amide bonds. The zero-order valence-electron chi connectivity index (χ0n) is 19.2. The van der Waals surface area contributed by atoms with Crippen LogP contribution in [0.3, 0.4) is 0 Å². The lowest BCUT2D eigenvalue weighted by Crippen LogP contribution is -2.69. The smallest absolute Gasteiger partial charge is 0.288 e. The van der Waals surface area contributed by atoms with Gasteiger partial charge in [-0.1, -0.05) is 54.6 Å². The summed E-state index contributed by atoms with van der Waals surface area (Å²) in [7, 11) is -1.88. The van der Waals surface area contributed by atoms with Crippen molar-refractivity contribution in [1.82, 2.24) is 0 Å². The summed E-state index contributed by atoms with van der Waals surface area (Å²) >= 11 is 0. The molecule has 0 aromatic heterocycles. The second-order valence-corrected chi connectivity index (χ2v) is 11.4. The first kappa shape index (κ1) is 24.2. The van der Waals surface area contributed by atoms with E-state index in [1.807, 2.05) is 30.3 Å². The lowest BCUT2D eigenvalue weighted by atomic mass is 10.1. The molecule has 0 heterocycles. The molecule has 0 spiro atoms. The average Bonchev–Trinajstić information content (AvgIpc) is 2.86. The van der Waals surface area contributed by atoms with Crippen molar-refractivity contribution in [3.8, 4) is 5.75 Å². The molecule has 0 aliphatic carbocycles. The average molecular weight is 492 g/mol. The topological polar surface area (TPSA) is 61.6 Å². The second-order valence-electron chi connectivity index (χ2n) is 8.01. The molecule has 0 atom stereocenters. The number of benzene rings is 4. The van der Waals surface area contributed by atoms with Crippen LogP contribution in [0.1, 0.15) is 11.1 Å². The Hall–Kier alpha value is -3.88. The molecule has 8 heteroatoms. The molecular formula is C27H23F2NO4Si. The van der Waals surface area contributed by atoms with Gasteiger partial charge in [-0.05, 0) is 58.9 Å². The molecule has 4 aromatic carbocycles. The van der Waals surface area contributed by atoms with E-state index < -0.39 is 24.9 Å². The van der Waals surface area contributed by atoms with Gasteiger partial charge in [0.1, 0.15) is 17.4 Å². The Labute approximate surface area is 202 Å². The Balaban J connectivity index is 1.92. The van der Waals surface area contributed by atoms with Crippen molar-refractivity contribution in [2.45, 2.75) is 13.5 Å². The van der Waals surface area contributed by atoms with Crippen molar-refractivity contribution >= 4 is 29.6 Å². The zero-order valence-corrected chi connectivity index (χ0v) is 20.2. The summed E-state index contributed by atoms with van der Waals surface area (Å²) < 4.78 is 39.7. The minimum absolute atomic E-state index is 0.0847. The predicted octanol–water partition coefficient (Wildman–Crippen LogP) is 4.37. The second kappa shape index (κ2) is 10.2. The van der Waals surface area contributed by atoms with Gasteiger partial charge >= 0.3 is 0 Å². The van der Waals surface area contributed by atoms with Crippen molar-refractivity contribution in [3.05, 3.63) is 124 Å². The van der Waals surface area contributed by atoms with Crippen LogP contribution in [0, 0.1) is 28.7 Å². The summed E-state index contributed by atoms with van der Waals surface area (Å²) in [5, 5.41) is 14.2. The molecule has 0 fully saturated rings. The number of hydrogen-bond acceptors (Lipinski definition) is 4. The zero-order chi connectivity index (χ0) is 25.0. The van der Waals surface area contributed by atoms with Crippen molar-refractivity contribution in [3.63, 3.8) is 0 Å². The van der Waals surface area contributed by atoms with E-state index in [0.29, 0.717) is 16.9 Å². The van der Waals surface area contributed by atoms with E-state index in [1.165, 1.54) is 31.4 Å². The van der Waals surface area contributed by atoms with Gasteiger partial charge in [-0.2, -0.15) is 0 Å². The Morgan fingerprint density at radius 3 is 1.80 bits per heavy atom. The quantitative estimate of drug-likeness (QED) is 0.159. The van der Waals surface area contributed by atoms with Crippen molar-refractivity contribution < 1.29 is 22.9 Å². The third kappa shape index (κ3) is 4.71. The van der Waals surface area contributed by atoms with Gasteiger partial charge < -0.3 is 9.16 Å². The predicted molar refractivity (Wildman–Crippen MR) is 133 cm³/mol. The molecule has 0 saturated heterocycles. The summed E-state index contributed by atoms with van der Waals surface area (Å²) in [6.07, 6.45) is 0. The standard InChI is InChI=1S/C27H23F2NO4Si/c1-19-26(33-2)17-8-20(27(19)30(31)32)18-34-35(23-6-4-3-5-7-23,24-13-9-21(28)10-14-24)25-15-11-22(29)12-16-25/h3-17H,18H2,1-2H3. The van der Waals surface area contributed by atoms with Crippen LogP contribution >= 0.6 is 0 Å². The van der Waals surface area contributed by atoms with Gasteiger partial charge in [0.15, 0.2) is 0 Å². The maximum absolute atomic E-state index is 13.9. The molecule has 0 aliphatic heterocycles. The molecule has 0 radical (unpaired) electrons. The number of nitro groups is 1. The third-order valence-electron chi connectivity index (χ3n) is 5.99. The Morgan fingerprint density at radius 2 is 1.31 bits per heavy atom. The monoisotopic (exact) mass is 491 g/mol. The van der Waals surface area contributed by atoms with Crippen LogP contribution < -0.4 is 20.3 Å². The summed E-state index contributed by atoms with van der Waals surface area (Å²) in [6.45, 7) is 1.54. The first-order valence-electron chi connectivity index (χ1n) is 10.9. The molecule has 4 rings (SSSR count). The van der Waals surface area contributed by atoms with Gasteiger partial charge in [0.05, 0.1) is 29.8 Å². The highest BCUT2D eigenvalue weighted by atomic mass is 28.4. The van der Waals surface area contributed by atoms with E-state index in [0.717, 1.165) is 15.6 Å². The van der Waals surface area contributed by atoms with Crippen LogP contribution in [0.4, 0.5) is 14.5 Å². The van der Waals surface area contributed by atoms with Crippen LogP contribution in [0.5, 0.6) is 5.75 Å². The molecule has 0 N–H and O–H groups in total. The maximum atomic E-state index is 13.9. The Morgan fingerprint density at radius 1 is 0.800 bits per heavy atom. The lowest BCUT2D eigenvalue weighted by molar-refractivity contribution is -0.386. The number of methoxy groups -OCH3 is 1. The summed E-state index contributed by atoms with van der Waals surface area (Å²) in [5.74, 6) is -0.389. The maximum Gasteiger partial charge on any atom is 0.288 e. The molecule has 0 bridgehead atoms. The first-order valence-corrected chi connectivity index (χ1v) is 12.8. The van der Waals surface area contributed by atoms with Crippen LogP contribution in [-0.4, -0.2) is 20.4 Å². The number of ether oxygens (including phenoxy) is 1. The fraction of sp³-hybridized carbons (Fsp3) is 0.111. The molecule has 35 heavy (non-hydrogen) atoms. The highest BCUT2D eigenvalue weighted by Crippen LogP contribution is 2.32. The molecule has 178 valence electrons. The SMILES string of the molecule is COc1ccc(CO[Si](c2ccccc2)(c2ccc(F)cc2)c2ccc(F)cc2)c([N+](=O)[O-])c1C. The fourth-order valence-electron chi connectivity index (χ4n) is 4.31. The minimum atomic E-state index is -3.34. The molecule has 5 nitrogen and oxygen atoms in total. The summed E-state index contributed by atoms with van der Waals surface area (Å²) in [6, 6.07) is 24.8. The highest BCUT2D eigenvalue weighted by Gasteiger charge is 2.42. The number of halogens is 2. The number of nitrogens with zero attached hydrogens (tertiary/aromatic N) is 1.